The van der Waals surface area contributed by atoms with Crippen LogP contribution in [0.15, 0.2) is 48.6 Å². The first kappa shape index (κ1) is 23.8. The molecule has 180 valence electrons. The highest BCUT2D eigenvalue weighted by molar-refractivity contribution is 7.52. The van der Waals surface area contributed by atoms with Gasteiger partial charge in [0.05, 0.1) is 20.3 Å². The molecule has 1 aromatic carbocycles. The lowest BCUT2D eigenvalue weighted by Crippen LogP contribution is -2.35. The molecule has 0 saturated heterocycles. The predicted octanol–water partition coefficient (Wildman–Crippen LogP) is 1.99. The number of carbonyl (C=O) groups is 1. The molecule has 12 nitrogen and oxygen atoms in total. The smallest absolute Gasteiger partial charge is 0.459 e. The summed E-state index contributed by atoms with van der Waals surface area (Å²) in [4.78, 5) is 24.2. The summed E-state index contributed by atoms with van der Waals surface area (Å²) in [7, 11) is -2.80. The number of rotatable bonds is 10. The van der Waals surface area contributed by atoms with Gasteiger partial charge >= 0.3 is 13.7 Å². The Morgan fingerprint density at radius 3 is 2.82 bits per heavy atom. The molecule has 4 rings (SSSR count). The van der Waals surface area contributed by atoms with E-state index >= 15 is 0 Å². The monoisotopic (exact) mass is 488 g/mol. The molecule has 1 saturated carbocycles. The number of anilines is 1. The average Bonchev–Trinajstić information content (AvgIpc) is 3.37. The maximum atomic E-state index is 13.5. The van der Waals surface area contributed by atoms with Gasteiger partial charge in [0.2, 0.25) is 0 Å². The Hall–Kier alpha value is -3.31. The van der Waals surface area contributed by atoms with Gasteiger partial charge in [0.25, 0.3) is 0 Å². The van der Waals surface area contributed by atoms with E-state index in [0.717, 1.165) is 5.57 Å². The van der Waals surface area contributed by atoms with Crippen LogP contribution in [0.4, 0.5) is 5.82 Å². The van der Waals surface area contributed by atoms with Crippen LogP contribution in [0.2, 0.25) is 0 Å². The quantitative estimate of drug-likeness (QED) is 0.282. The number of methoxy groups -OCH3 is 1. The molecule has 2 aromatic heterocycles. The number of esters is 1. The van der Waals surface area contributed by atoms with Crippen molar-refractivity contribution in [3.05, 3.63) is 48.6 Å². The van der Waals surface area contributed by atoms with E-state index in [2.05, 4.69) is 20.0 Å². The lowest BCUT2D eigenvalue weighted by atomic mass is 10.1. The number of fused-ring (bicyclic) bond motifs is 1. The molecule has 0 amide bonds. The van der Waals surface area contributed by atoms with Gasteiger partial charge in [-0.3, -0.25) is 13.9 Å². The van der Waals surface area contributed by atoms with E-state index in [0.29, 0.717) is 23.3 Å². The maximum absolute atomic E-state index is 13.5. The molecule has 0 spiro atoms. The zero-order valence-electron chi connectivity index (χ0n) is 18.6. The summed E-state index contributed by atoms with van der Waals surface area (Å²) in [6.07, 6.45) is 5.15. The summed E-state index contributed by atoms with van der Waals surface area (Å²) < 4.78 is 31.2. The Kier molecular flexibility index (Phi) is 6.67. The normalized spacial score (nSPS) is 21.2. The van der Waals surface area contributed by atoms with Crippen LogP contribution in [0.1, 0.15) is 13.3 Å². The number of carbonyl (C=O) groups excluding carboxylic acids is 1. The van der Waals surface area contributed by atoms with Crippen LogP contribution in [0.3, 0.4) is 0 Å². The topological polar surface area (TPSA) is 164 Å². The molecule has 0 aliphatic heterocycles. The highest BCUT2D eigenvalue weighted by Crippen LogP contribution is 2.56. The van der Waals surface area contributed by atoms with Crippen LogP contribution in [0, 0.1) is 5.41 Å². The third-order valence-corrected chi connectivity index (χ3v) is 7.08. The van der Waals surface area contributed by atoms with Crippen molar-refractivity contribution in [3.63, 3.8) is 0 Å². The van der Waals surface area contributed by atoms with Crippen LogP contribution in [-0.4, -0.2) is 57.0 Å². The summed E-state index contributed by atoms with van der Waals surface area (Å²) >= 11 is 0. The number of nitrogens with zero attached hydrogens (tertiary/aromatic N) is 4. The summed E-state index contributed by atoms with van der Waals surface area (Å²) in [5.41, 5.74) is 6.87. The minimum Gasteiger partial charge on any atom is -0.468 e. The molecule has 3 atom stereocenters. The van der Waals surface area contributed by atoms with Crippen molar-refractivity contribution in [2.45, 2.75) is 19.4 Å². The second kappa shape index (κ2) is 9.51. The van der Waals surface area contributed by atoms with Gasteiger partial charge < -0.3 is 20.1 Å². The Labute approximate surface area is 195 Å². The second-order valence-corrected chi connectivity index (χ2v) is 9.60. The van der Waals surface area contributed by atoms with E-state index in [-0.39, 0.29) is 19.0 Å². The molecule has 13 heteroatoms. The molecule has 34 heavy (non-hydrogen) atoms. The van der Waals surface area contributed by atoms with E-state index in [4.69, 9.17) is 19.5 Å². The molecular weight excluding hydrogens is 463 g/mol. The lowest BCUT2D eigenvalue weighted by Gasteiger charge is -2.24. The predicted molar refractivity (Wildman–Crippen MR) is 123 cm³/mol. The number of ether oxygens (including phenoxy) is 1. The fourth-order valence-electron chi connectivity index (χ4n) is 3.37. The number of benzene rings is 1. The van der Waals surface area contributed by atoms with Crippen LogP contribution in [-0.2, 0) is 18.6 Å². The van der Waals surface area contributed by atoms with Crippen molar-refractivity contribution in [1.29, 1.82) is 0 Å². The minimum atomic E-state index is -4.02. The Morgan fingerprint density at radius 2 is 2.12 bits per heavy atom. The largest absolute Gasteiger partial charge is 0.468 e. The third kappa shape index (κ3) is 4.95. The number of aliphatic hydroxyl groups excluding tert-OH is 1. The standard InChI is InChI=1S/C21H25N6O6P/c1-14(20(29)31-2)26-34(30,33-16-6-4-3-5-7-16)32-11-21(10-28)8-15(21)9-27-13-25-17-18(22)23-12-24-19(17)27/h3-7,9,12-14,28H,8,10-11H2,1-2H3,(H,26,30)(H2,22,23,24)/b15-9-/t14-,21?,34?/m0/s1. The van der Waals surface area contributed by atoms with Gasteiger partial charge in [0, 0.05) is 11.6 Å². The molecule has 3 aromatic rings. The Balaban J connectivity index is 1.53. The first-order valence-electron chi connectivity index (χ1n) is 10.4. The number of nitrogens with one attached hydrogen (secondary N) is 1. The van der Waals surface area contributed by atoms with Crippen molar-refractivity contribution in [2.24, 2.45) is 5.41 Å². The van der Waals surface area contributed by atoms with Gasteiger partial charge in [-0.1, -0.05) is 18.2 Å². The number of aromatic nitrogens is 4. The minimum absolute atomic E-state index is 0.121. The third-order valence-electron chi connectivity index (χ3n) is 5.46. The Morgan fingerprint density at radius 1 is 1.35 bits per heavy atom. The van der Waals surface area contributed by atoms with E-state index < -0.39 is 25.2 Å². The fraction of sp³-hybridized carbons (Fsp3) is 0.333. The van der Waals surface area contributed by atoms with Crippen LogP contribution in [0.25, 0.3) is 17.4 Å². The Bertz CT molecular complexity index is 1270. The van der Waals surface area contributed by atoms with E-state index in [1.165, 1.54) is 20.4 Å². The molecule has 0 radical (unpaired) electrons. The molecule has 2 unspecified atom stereocenters. The number of imidazole rings is 1. The van der Waals surface area contributed by atoms with Crippen molar-refractivity contribution in [3.8, 4) is 5.75 Å². The summed E-state index contributed by atoms with van der Waals surface area (Å²) in [6, 6.07) is 7.48. The molecule has 2 heterocycles. The number of nitrogen functional groups attached to an aromatic ring is 1. The number of hydrogen-bond acceptors (Lipinski definition) is 10. The molecule has 4 N–H and O–H groups in total. The average molecular weight is 488 g/mol. The highest BCUT2D eigenvalue weighted by atomic mass is 31.2. The fourth-order valence-corrected chi connectivity index (χ4v) is 4.94. The summed E-state index contributed by atoms with van der Waals surface area (Å²) in [6.45, 7) is 1.11. The highest BCUT2D eigenvalue weighted by Gasteiger charge is 2.51. The first-order valence-corrected chi connectivity index (χ1v) is 11.9. The van der Waals surface area contributed by atoms with Gasteiger partial charge in [-0.15, -0.1) is 0 Å². The van der Waals surface area contributed by atoms with Gasteiger partial charge in [-0.05, 0) is 31.1 Å². The number of aliphatic hydroxyl groups is 1. The molecular formula is C21H25N6O6P. The number of hydrogen-bond donors (Lipinski definition) is 3. The van der Waals surface area contributed by atoms with Crippen LogP contribution >= 0.6 is 7.75 Å². The van der Waals surface area contributed by atoms with E-state index in [1.54, 1.807) is 47.4 Å². The maximum Gasteiger partial charge on any atom is 0.459 e. The number of para-hydroxylation sites is 1. The van der Waals surface area contributed by atoms with Crippen LogP contribution in [0.5, 0.6) is 5.75 Å². The zero-order valence-corrected chi connectivity index (χ0v) is 19.5. The van der Waals surface area contributed by atoms with Crippen LogP contribution < -0.4 is 15.3 Å². The molecule has 1 aliphatic carbocycles. The van der Waals surface area contributed by atoms with Gasteiger partial charge in [-0.25, -0.2) is 19.5 Å². The van der Waals surface area contributed by atoms with E-state index in [9.17, 15) is 14.5 Å². The van der Waals surface area contributed by atoms with Gasteiger partial charge in [0.1, 0.15) is 24.4 Å². The SMILES string of the molecule is COC(=O)[C@H](C)NP(=O)(OCC1(CO)C/C1=C/n1cnc2c(N)ncnc21)Oc1ccccc1. The molecule has 0 bridgehead atoms. The molecule has 1 fully saturated rings. The van der Waals surface area contributed by atoms with Crippen molar-refractivity contribution in [2.75, 3.05) is 26.1 Å². The first-order chi connectivity index (χ1) is 16.3. The second-order valence-electron chi connectivity index (χ2n) is 7.90. The van der Waals surface area contributed by atoms with Crippen molar-refractivity contribution < 1.29 is 28.3 Å². The lowest BCUT2D eigenvalue weighted by molar-refractivity contribution is -0.142. The van der Waals surface area contributed by atoms with E-state index in [1.807, 2.05) is 0 Å². The van der Waals surface area contributed by atoms with Gasteiger partial charge in [-0.2, -0.15) is 5.09 Å². The number of nitrogens with two attached hydrogens (primary N) is 1. The molecule has 1 aliphatic rings. The summed E-state index contributed by atoms with van der Waals surface area (Å²) in [5.74, 6) is -0.0701. The van der Waals surface area contributed by atoms with Crippen molar-refractivity contribution in [1.82, 2.24) is 24.6 Å². The van der Waals surface area contributed by atoms with Gasteiger partial charge in [0.15, 0.2) is 17.0 Å². The summed E-state index contributed by atoms with van der Waals surface area (Å²) in [5, 5.41) is 12.7. The zero-order chi connectivity index (χ0) is 24.3. The van der Waals surface area contributed by atoms with Crippen molar-refractivity contribution >= 4 is 36.9 Å².